The summed E-state index contributed by atoms with van der Waals surface area (Å²) in [7, 11) is 0. The predicted molar refractivity (Wildman–Crippen MR) is 101 cm³/mol. The number of nitrogens with one attached hydrogen (secondary N) is 1. The van der Waals surface area contributed by atoms with E-state index in [-0.39, 0.29) is 18.1 Å². The van der Waals surface area contributed by atoms with E-state index in [0.717, 1.165) is 27.7 Å². The van der Waals surface area contributed by atoms with Crippen LogP contribution in [-0.4, -0.2) is 40.0 Å². The molecule has 0 saturated carbocycles. The van der Waals surface area contributed by atoms with Crippen molar-refractivity contribution in [3.8, 4) is 5.75 Å². The van der Waals surface area contributed by atoms with Gasteiger partial charge in [-0.2, -0.15) is 0 Å². The smallest absolute Gasteiger partial charge is 0.335 e. The zero-order chi connectivity index (χ0) is 19.0. The first-order chi connectivity index (χ1) is 13.0. The van der Waals surface area contributed by atoms with E-state index >= 15 is 0 Å². The van der Waals surface area contributed by atoms with Crippen LogP contribution in [0.15, 0.2) is 42.5 Å². The zero-order valence-electron chi connectivity index (χ0n) is 15.0. The number of ether oxygens (including phenoxy) is 1. The average Bonchev–Trinajstić information content (AvgIpc) is 3.04. The number of amides is 1. The summed E-state index contributed by atoms with van der Waals surface area (Å²) in [6, 6.07) is 12.6. The lowest BCUT2D eigenvalue weighted by Crippen LogP contribution is -2.38. The van der Waals surface area contributed by atoms with Gasteiger partial charge in [0, 0.05) is 41.7 Å². The van der Waals surface area contributed by atoms with E-state index in [1.54, 1.807) is 23.1 Å². The number of fused-ring (bicyclic) bond motifs is 3. The molecular formula is C21H20N2O4. The van der Waals surface area contributed by atoms with Crippen LogP contribution in [0.4, 0.5) is 0 Å². The fourth-order valence-corrected chi connectivity index (χ4v) is 3.43. The maximum atomic E-state index is 12.6. The normalized spacial score (nSPS) is 13.4. The largest absolute Gasteiger partial charge is 0.484 e. The van der Waals surface area contributed by atoms with Crippen LogP contribution in [-0.2, 0) is 17.8 Å². The minimum Gasteiger partial charge on any atom is -0.484 e. The highest BCUT2D eigenvalue weighted by Crippen LogP contribution is 2.28. The van der Waals surface area contributed by atoms with Gasteiger partial charge in [-0.3, -0.25) is 4.79 Å². The third-order valence-corrected chi connectivity index (χ3v) is 4.96. The molecule has 1 aromatic heterocycles. The number of nitrogens with zero attached hydrogens (tertiary/aromatic N) is 1. The summed E-state index contributed by atoms with van der Waals surface area (Å²) in [5, 5.41) is 10.1. The first-order valence-electron chi connectivity index (χ1n) is 8.85. The Kier molecular flexibility index (Phi) is 4.32. The number of carboxylic acid groups (broad SMARTS) is 1. The second-order valence-corrected chi connectivity index (χ2v) is 6.81. The second-order valence-electron chi connectivity index (χ2n) is 6.81. The summed E-state index contributed by atoms with van der Waals surface area (Å²) in [6.07, 6.45) is 0.711. The highest BCUT2D eigenvalue weighted by molar-refractivity contribution is 5.95. The molecule has 138 valence electrons. The molecule has 0 aliphatic carbocycles. The molecule has 1 aliphatic heterocycles. The standard InChI is InChI=1S/C21H20N2O4/c1-13-2-5-15(6-3-13)27-12-20(24)23-9-8-19-17(11-23)16-10-14(21(25)26)4-7-18(16)22-19/h2-7,10,22H,8-9,11-12H2,1H3,(H,25,26). The van der Waals surface area contributed by atoms with E-state index in [4.69, 9.17) is 4.74 Å². The van der Waals surface area contributed by atoms with E-state index in [1.165, 1.54) is 0 Å². The predicted octanol–water partition coefficient (Wildman–Crippen LogP) is 3.14. The molecule has 6 nitrogen and oxygen atoms in total. The van der Waals surface area contributed by atoms with Crippen LogP contribution in [0.5, 0.6) is 5.75 Å². The number of benzene rings is 2. The topological polar surface area (TPSA) is 82.6 Å². The summed E-state index contributed by atoms with van der Waals surface area (Å²) in [4.78, 5) is 28.9. The van der Waals surface area contributed by atoms with Crippen molar-refractivity contribution < 1.29 is 19.4 Å². The minimum absolute atomic E-state index is 0.0128. The number of carbonyl (C=O) groups is 2. The number of hydrogen-bond acceptors (Lipinski definition) is 3. The molecule has 0 unspecified atom stereocenters. The number of H-pyrrole nitrogens is 1. The van der Waals surface area contributed by atoms with E-state index in [2.05, 4.69) is 4.98 Å². The molecule has 0 atom stereocenters. The number of carbonyl (C=O) groups excluding carboxylic acids is 1. The van der Waals surface area contributed by atoms with E-state index in [1.807, 2.05) is 31.2 Å². The molecule has 2 aromatic carbocycles. The Morgan fingerprint density at radius 2 is 1.96 bits per heavy atom. The van der Waals surface area contributed by atoms with Crippen molar-refractivity contribution in [2.24, 2.45) is 0 Å². The number of aromatic amines is 1. The van der Waals surface area contributed by atoms with Crippen molar-refractivity contribution in [1.82, 2.24) is 9.88 Å². The number of carboxylic acids is 1. The number of aryl methyl sites for hydroxylation is 1. The summed E-state index contributed by atoms with van der Waals surface area (Å²) in [5.41, 5.74) is 4.34. The van der Waals surface area contributed by atoms with Crippen LogP contribution in [0.25, 0.3) is 10.9 Å². The van der Waals surface area contributed by atoms with Gasteiger partial charge < -0.3 is 19.7 Å². The van der Waals surface area contributed by atoms with Crippen molar-refractivity contribution in [3.63, 3.8) is 0 Å². The van der Waals surface area contributed by atoms with Crippen molar-refractivity contribution in [2.45, 2.75) is 19.9 Å². The van der Waals surface area contributed by atoms with Crippen LogP contribution in [0.3, 0.4) is 0 Å². The average molecular weight is 364 g/mol. The molecule has 0 spiro atoms. The Morgan fingerprint density at radius 1 is 1.19 bits per heavy atom. The van der Waals surface area contributed by atoms with Crippen LogP contribution in [0.2, 0.25) is 0 Å². The maximum absolute atomic E-state index is 12.6. The summed E-state index contributed by atoms with van der Waals surface area (Å²) < 4.78 is 5.61. The first-order valence-corrected chi connectivity index (χ1v) is 8.85. The first kappa shape index (κ1) is 17.1. The number of rotatable bonds is 4. The molecule has 1 aliphatic rings. The van der Waals surface area contributed by atoms with Gasteiger partial charge in [0.2, 0.25) is 0 Å². The lowest BCUT2D eigenvalue weighted by Gasteiger charge is -2.27. The Balaban J connectivity index is 1.50. The molecule has 0 fully saturated rings. The molecular weight excluding hydrogens is 344 g/mol. The highest BCUT2D eigenvalue weighted by atomic mass is 16.5. The molecule has 2 N–H and O–H groups in total. The van der Waals surface area contributed by atoms with Gasteiger partial charge in [-0.1, -0.05) is 17.7 Å². The molecule has 6 heteroatoms. The van der Waals surface area contributed by atoms with Gasteiger partial charge >= 0.3 is 5.97 Å². The van der Waals surface area contributed by atoms with E-state index in [9.17, 15) is 14.7 Å². The molecule has 1 amide bonds. The maximum Gasteiger partial charge on any atom is 0.335 e. The molecule has 0 bridgehead atoms. The van der Waals surface area contributed by atoms with Gasteiger partial charge in [-0.25, -0.2) is 4.79 Å². The fraction of sp³-hybridized carbons (Fsp3) is 0.238. The van der Waals surface area contributed by atoms with Crippen LogP contribution in [0.1, 0.15) is 27.2 Å². The summed E-state index contributed by atoms with van der Waals surface area (Å²) in [6.45, 7) is 3.05. The third kappa shape index (κ3) is 3.38. The van der Waals surface area contributed by atoms with Crippen molar-refractivity contribution >= 4 is 22.8 Å². The van der Waals surface area contributed by atoms with Crippen molar-refractivity contribution in [3.05, 3.63) is 64.8 Å². The molecule has 27 heavy (non-hydrogen) atoms. The van der Waals surface area contributed by atoms with Gasteiger partial charge in [0.15, 0.2) is 6.61 Å². The summed E-state index contributed by atoms with van der Waals surface area (Å²) in [5.74, 6) is -0.364. The molecule has 0 saturated heterocycles. The SMILES string of the molecule is Cc1ccc(OCC(=O)N2CCc3[nH]c4ccc(C(=O)O)cc4c3C2)cc1. The fourth-order valence-electron chi connectivity index (χ4n) is 3.43. The molecule has 2 heterocycles. The van der Waals surface area contributed by atoms with Crippen LogP contribution >= 0.6 is 0 Å². The Morgan fingerprint density at radius 3 is 2.70 bits per heavy atom. The lowest BCUT2D eigenvalue weighted by molar-refractivity contribution is -0.134. The molecule has 0 radical (unpaired) electrons. The van der Waals surface area contributed by atoms with Gasteiger partial charge in [-0.05, 0) is 37.3 Å². The number of aromatic nitrogens is 1. The Labute approximate surface area is 156 Å². The quantitative estimate of drug-likeness (QED) is 0.745. The van der Waals surface area contributed by atoms with Crippen molar-refractivity contribution in [2.75, 3.05) is 13.2 Å². The molecule has 4 rings (SSSR count). The lowest BCUT2D eigenvalue weighted by atomic mass is 10.0. The van der Waals surface area contributed by atoms with E-state index < -0.39 is 5.97 Å². The number of hydrogen-bond donors (Lipinski definition) is 2. The van der Waals surface area contributed by atoms with Gasteiger partial charge in [0.05, 0.1) is 5.56 Å². The van der Waals surface area contributed by atoms with Gasteiger partial charge in [-0.15, -0.1) is 0 Å². The Hall–Kier alpha value is -3.28. The molecule has 3 aromatic rings. The minimum atomic E-state index is -0.956. The third-order valence-electron chi connectivity index (χ3n) is 4.96. The monoisotopic (exact) mass is 364 g/mol. The zero-order valence-corrected chi connectivity index (χ0v) is 15.0. The van der Waals surface area contributed by atoms with Crippen LogP contribution in [0, 0.1) is 6.92 Å². The van der Waals surface area contributed by atoms with Crippen molar-refractivity contribution in [1.29, 1.82) is 0 Å². The summed E-state index contributed by atoms with van der Waals surface area (Å²) >= 11 is 0. The second kappa shape index (κ2) is 6.79. The highest BCUT2D eigenvalue weighted by Gasteiger charge is 2.24. The van der Waals surface area contributed by atoms with Gasteiger partial charge in [0.1, 0.15) is 5.75 Å². The van der Waals surface area contributed by atoms with E-state index in [0.29, 0.717) is 25.3 Å². The van der Waals surface area contributed by atoms with Crippen LogP contribution < -0.4 is 4.74 Å². The Bertz CT molecular complexity index is 1020. The number of aromatic carboxylic acids is 1. The van der Waals surface area contributed by atoms with Gasteiger partial charge in [0.25, 0.3) is 5.91 Å².